The zero-order valence-electron chi connectivity index (χ0n) is 10.3. The van der Waals surface area contributed by atoms with Crippen LogP contribution >= 0.6 is 0 Å². The Morgan fingerprint density at radius 1 is 1.35 bits per heavy atom. The van der Waals surface area contributed by atoms with Crippen LogP contribution in [0.15, 0.2) is 33.9 Å². The molecule has 2 rings (SSSR count). The highest BCUT2D eigenvalue weighted by atomic mass is 16.3. The van der Waals surface area contributed by atoms with Crippen LogP contribution in [0.2, 0.25) is 0 Å². The third-order valence-electron chi connectivity index (χ3n) is 2.65. The van der Waals surface area contributed by atoms with Crippen molar-refractivity contribution in [3.63, 3.8) is 0 Å². The lowest BCUT2D eigenvalue weighted by Crippen LogP contribution is -2.36. The smallest absolute Gasteiger partial charge is 0.273 e. The maximum absolute atomic E-state index is 11.8. The molecule has 0 atom stereocenters. The highest BCUT2D eigenvalue weighted by Gasteiger charge is 2.13. The molecule has 0 spiro atoms. The van der Waals surface area contributed by atoms with E-state index in [-0.39, 0.29) is 5.91 Å². The molecule has 0 saturated carbocycles. The first kappa shape index (κ1) is 11.5. The zero-order valence-corrected chi connectivity index (χ0v) is 10.3. The van der Waals surface area contributed by atoms with E-state index in [2.05, 4.69) is 17.8 Å². The molecule has 1 amide bonds. The molecule has 0 radical (unpaired) electrons. The minimum atomic E-state index is -0.182. The largest absolute Gasteiger partial charge is 0.466 e. The summed E-state index contributed by atoms with van der Waals surface area (Å²) in [5.74, 6) is 1.19. The maximum Gasteiger partial charge on any atom is 0.273 e. The molecule has 90 valence electrons. The number of furan rings is 1. The van der Waals surface area contributed by atoms with Crippen LogP contribution in [0.5, 0.6) is 0 Å². The summed E-state index contributed by atoms with van der Waals surface area (Å²) in [5.41, 5.74) is 8.31. The predicted octanol–water partition coefficient (Wildman–Crippen LogP) is 2.36. The summed E-state index contributed by atoms with van der Waals surface area (Å²) in [5, 5.41) is 0. The van der Waals surface area contributed by atoms with Gasteiger partial charge in [0.1, 0.15) is 11.5 Å². The number of allylic oxidation sites excluding steroid dienone is 3. The monoisotopic (exact) mass is 232 g/mol. The van der Waals surface area contributed by atoms with Gasteiger partial charge in [0.25, 0.3) is 5.91 Å². The molecule has 0 unspecified atom stereocenters. The van der Waals surface area contributed by atoms with E-state index < -0.39 is 0 Å². The van der Waals surface area contributed by atoms with Gasteiger partial charge in [-0.25, -0.2) is 0 Å². The van der Waals surface area contributed by atoms with Crippen molar-refractivity contribution in [2.45, 2.75) is 27.2 Å². The van der Waals surface area contributed by atoms with E-state index in [1.807, 2.05) is 19.1 Å². The van der Waals surface area contributed by atoms with Crippen LogP contribution in [0.4, 0.5) is 0 Å². The van der Waals surface area contributed by atoms with Crippen molar-refractivity contribution in [3.8, 4) is 0 Å². The van der Waals surface area contributed by atoms with Crippen molar-refractivity contribution >= 4 is 5.91 Å². The molecule has 1 aliphatic carbocycles. The summed E-state index contributed by atoms with van der Waals surface area (Å²) < 4.78 is 5.31. The van der Waals surface area contributed by atoms with E-state index in [0.29, 0.717) is 11.3 Å². The molecule has 4 nitrogen and oxygen atoms in total. The molecule has 2 N–H and O–H groups in total. The zero-order chi connectivity index (χ0) is 12.4. The topological polar surface area (TPSA) is 54.3 Å². The van der Waals surface area contributed by atoms with Crippen LogP contribution in [0.3, 0.4) is 0 Å². The van der Waals surface area contributed by atoms with Gasteiger partial charge in [-0.2, -0.15) is 0 Å². The molecule has 0 fully saturated rings. The SMILES string of the molecule is CC1=CC(NNC(=O)c2cc(C)oc2C)=CC1. The standard InChI is InChI=1S/C13H16N2O2/c1-8-4-5-11(6-8)14-15-13(16)12-7-9(2)17-10(12)3/h5-7,14H,4H2,1-3H3,(H,15,16). The first-order valence-electron chi connectivity index (χ1n) is 5.57. The molecule has 0 aliphatic heterocycles. The molecule has 1 aliphatic rings. The highest BCUT2D eigenvalue weighted by molar-refractivity contribution is 5.95. The van der Waals surface area contributed by atoms with Crippen molar-refractivity contribution in [2.75, 3.05) is 0 Å². The lowest BCUT2D eigenvalue weighted by atomic mass is 10.2. The Hall–Kier alpha value is -1.97. The summed E-state index contributed by atoms with van der Waals surface area (Å²) in [6, 6.07) is 1.73. The minimum Gasteiger partial charge on any atom is -0.466 e. The first-order chi connectivity index (χ1) is 8.06. The molecule has 0 bridgehead atoms. The maximum atomic E-state index is 11.8. The normalized spacial score (nSPS) is 14.3. The van der Waals surface area contributed by atoms with Gasteiger partial charge in [0.15, 0.2) is 0 Å². The number of nitrogens with one attached hydrogen (secondary N) is 2. The average molecular weight is 232 g/mol. The summed E-state index contributed by atoms with van der Waals surface area (Å²) in [6.45, 7) is 5.65. The average Bonchev–Trinajstić information content (AvgIpc) is 2.81. The molecule has 1 aromatic rings. The van der Waals surface area contributed by atoms with Crippen LogP contribution in [0, 0.1) is 13.8 Å². The Morgan fingerprint density at radius 3 is 2.65 bits per heavy atom. The van der Waals surface area contributed by atoms with Gasteiger partial charge < -0.3 is 4.42 Å². The van der Waals surface area contributed by atoms with Crippen molar-refractivity contribution in [1.29, 1.82) is 0 Å². The number of carbonyl (C=O) groups excluding carboxylic acids is 1. The second-order valence-corrected chi connectivity index (χ2v) is 4.26. The summed E-state index contributed by atoms with van der Waals surface area (Å²) in [4.78, 5) is 11.8. The van der Waals surface area contributed by atoms with Gasteiger partial charge in [-0.3, -0.25) is 15.6 Å². The second-order valence-electron chi connectivity index (χ2n) is 4.26. The number of hydrogen-bond acceptors (Lipinski definition) is 3. The minimum absolute atomic E-state index is 0.182. The van der Waals surface area contributed by atoms with Crippen molar-refractivity contribution in [1.82, 2.24) is 10.9 Å². The Kier molecular flexibility index (Phi) is 3.04. The molecule has 0 saturated heterocycles. The van der Waals surface area contributed by atoms with Gasteiger partial charge in [-0.05, 0) is 39.3 Å². The Morgan fingerprint density at radius 2 is 2.12 bits per heavy atom. The highest BCUT2D eigenvalue weighted by Crippen LogP contribution is 2.15. The van der Waals surface area contributed by atoms with Crippen molar-refractivity contribution < 1.29 is 9.21 Å². The number of aryl methyl sites for hydroxylation is 2. The van der Waals surface area contributed by atoms with E-state index in [4.69, 9.17) is 4.42 Å². The molecule has 1 aromatic heterocycles. The Bertz CT molecular complexity index is 509. The second kappa shape index (κ2) is 4.49. The first-order valence-corrected chi connectivity index (χ1v) is 5.57. The van der Waals surface area contributed by atoms with Gasteiger partial charge in [-0.15, -0.1) is 0 Å². The molecule has 4 heteroatoms. The fourth-order valence-electron chi connectivity index (χ4n) is 1.79. The van der Waals surface area contributed by atoms with Gasteiger partial charge in [0, 0.05) is 0 Å². The third kappa shape index (κ3) is 2.58. The van der Waals surface area contributed by atoms with Gasteiger partial charge in [0.05, 0.1) is 11.3 Å². The lowest BCUT2D eigenvalue weighted by Gasteiger charge is -2.06. The van der Waals surface area contributed by atoms with Crippen LogP contribution in [0.25, 0.3) is 0 Å². The lowest BCUT2D eigenvalue weighted by molar-refractivity contribution is 0.0938. The number of rotatable bonds is 3. The number of amides is 1. The van der Waals surface area contributed by atoms with Gasteiger partial charge in [-0.1, -0.05) is 11.6 Å². The van der Waals surface area contributed by atoms with Crippen molar-refractivity contribution in [3.05, 3.63) is 46.6 Å². The fourth-order valence-corrected chi connectivity index (χ4v) is 1.79. The number of carbonyl (C=O) groups is 1. The molecular weight excluding hydrogens is 216 g/mol. The van der Waals surface area contributed by atoms with Crippen LogP contribution in [-0.4, -0.2) is 5.91 Å². The fraction of sp³-hybridized carbons (Fsp3) is 0.308. The molecular formula is C13H16N2O2. The Labute approximate surface area is 100 Å². The summed E-state index contributed by atoms with van der Waals surface area (Å²) in [6.07, 6.45) is 4.97. The van der Waals surface area contributed by atoms with Gasteiger partial charge in [0.2, 0.25) is 0 Å². The van der Waals surface area contributed by atoms with E-state index in [1.165, 1.54) is 5.57 Å². The Balaban J connectivity index is 1.96. The van der Waals surface area contributed by atoms with E-state index >= 15 is 0 Å². The molecule has 0 aromatic carbocycles. The van der Waals surface area contributed by atoms with Crippen LogP contribution in [-0.2, 0) is 0 Å². The predicted molar refractivity (Wildman–Crippen MR) is 65.2 cm³/mol. The van der Waals surface area contributed by atoms with Crippen LogP contribution < -0.4 is 10.9 Å². The summed E-state index contributed by atoms with van der Waals surface area (Å²) in [7, 11) is 0. The van der Waals surface area contributed by atoms with Crippen LogP contribution in [0.1, 0.15) is 35.2 Å². The van der Waals surface area contributed by atoms with E-state index in [9.17, 15) is 4.79 Å². The number of hydrogen-bond donors (Lipinski definition) is 2. The molecule has 1 heterocycles. The van der Waals surface area contributed by atoms with E-state index in [1.54, 1.807) is 13.0 Å². The summed E-state index contributed by atoms with van der Waals surface area (Å²) >= 11 is 0. The quantitative estimate of drug-likeness (QED) is 0.787. The number of hydrazine groups is 1. The van der Waals surface area contributed by atoms with Gasteiger partial charge >= 0.3 is 0 Å². The molecule has 17 heavy (non-hydrogen) atoms. The van der Waals surface area contributed by atoms with Crippen molar-refractivity contribution in [2.24, 2.45) is 0 Å². The third-order valence-corrected chi connectivity index (χ3v) is 2.65. The van der Waals surface area contributed by atoms with E-state index in [0.717, 1.165) is 17.9 Å².